The van der Waals surface area contributed by atoms with Crippen molar-refractivity contribution in [1.29, 1.82) is 0 Å². The minimum Gasteiger partial charge on any atom is -0.465 e. The Labute approximate surface area is 121 Å². The molecule has 1 aromatic heterocycles. The maximum atomic E-state index is 11.4. The molecule has 2 aromatic rings. The summed E-state index contributed by atoms with van der Waals surface area (Å²) in [6.45, 7) is 2.17. The number of ether oxygens (including phenoxy) is 1. The monoisotopic (exact) mass is 295 g/mol. The molecule has 5 heteroatoms. The van der Waals surface area contributed by atoms with Crippen molar-refractivity contribution in [3.05, 3.63) is 35.2 Å². The number of hydrogen-bond donors (Lipinski definition) is 1. The third-order valence-corrected chi connectivity index (χ3v) is 4.83. The summed E-state index contributed by atoms with van der Waals surface area (Å²) in [6.07, 6.45) is 0. The quantitative estimate of drug-likeness (QED) is 0.832. The van der Waals surface area contributed by atoms with Crippen LogP contribution in [0.15, 0.2) is 29.6 Å². The molecule has 0 fully saturated rings. The summed E-state index contributed by atoms with van der Waals surface area (Å²) in [6, 6.07) is 7.82. The molecule has 0 spiro atoms. The predicted octanol–water partition coefficient (Wildman–Crippen LogP) is 3.02. The molecule has 102 valence electrons. The Morgan fingerprint density at radius 1 is 1.47 bits per heavy atom. The van der Waals surface area contributed by atoms with E-state index in [0.717, 1.165) is 5.75 Å². The van der Waals surface area contributed by atoms with Crippen molar-refractivity contribution in [1.82, 2.24) is 0 Å². The van der Waals surface area contributed by atoms with Gasteiger partial charge < -0.3 is 10.5 Å². The largest absolute Gasteiger partial charge is 0.465 e. The zero-order chi connectivity index (χ0) is 13.7. The van der Waals surface area contributed by atoms with E-state index in [1.54, 1.807) is 30.0 Å². The van der Waals surface area contributed by atoms with E-state index in [2.05, 4.69) is 17.5 Å². The maximum Gasteiger partial charge on any atom is 0.323 e. The zero-order valence-electron chi connectivity index (χ0n) is 10.8. The molecular weight excluding hydrogens is 278 g/mol. The molecule has 0 radical (unpaired) electrons. The molecule has 0 aliphatic carbocycles. The van der Waals surface area contributed by atoms with Gasteiger partial charge in [0.25, 0.3) is 0 Å². The van der Waals surface area contributed by atoms with E-state index in [0.29, 0.717) is 12.4 Å². The fraction of sp³-hybridized carbons (Fsp3) is 0.357. The van der Waals surface area contributed by atoms with Gasteiger partial charge in [0.1, 0.15) is 6.04 Å². The van der Waals surface area contributed by atoms with E-state index in [-0.39, 0.29) is 5.97 Å². The molecule has 1 aromatic carbocycles. The minimum atomic E-state index is -0.533. The number of nitrogens with two attached hydrogens (primary N) is 1. The molecule has 2 rings (SSSR count). The van der Waals surface area contributed by atoms with Crippen LogP contribution in [0.4, 0.5) is 0 Å². The van der Waals surface area contributed by atoms with Crippen LogP contribution >= 0.6 is 23.1 Å². The summed E-state index contributed by atoms with van der Waals surface area (Å²) >= 11 is 3.42. The molecule has 0 aliphatic rings. The minimum absolute atomic E-state index is 0.315. The second kappa shape index (κ2) is 6.93. The van der Waals surface area contributed by atoms with Gasteiger partial charge >= 0.3 is 5.97 Å². The van der Waals surface area contributed by atoms with Gasteiger partial charge in [-0.1, -0.05) is 18.2 Å². The van der Waals surface area contributed by atoms with Gasteiger partial charge in [-0.3, -0.25) is 4.79 Å². The van der Waals surface area contributed by atoms with Gasteiger partial charge in [0.05, 0.1) is 6.61 Å². The standard InChI is InChI=1S/C14H17NO2S2/c1-2-17-14(16)12(15)9-18-7-10-8-19-13-6-4-3-5-11(10)13/h3-6,8,12H,2,7,9,15H2,1H3. The Balaban J connectivity index is 1.87. The van der Waals surface area contributed by atoms with Gasteiger partial charge in [-0.25, -0.2) is 0 Å². The van der Waals surface area contributed by atoms with Crippen LogP contribution in [0.5, 0.6) is 0 Å². The van der Waals surface area contributed by atoms with Crippen LogP contribution in [0.1, 0.15) is 12.5 Å². The number of esters is 1. The summed E-state index contributed by atoms with van der Waals surface area (Å²) < 4.78 is 6.19. The van der Waals surface area contributed by atoms with Crippen molar-refractivity contribution in [2.45, 2.75) is 18.7 Å². The molecule has 2 N–H and O–H groups in total. The molecule has 3 nitrogen and oxygen atoms in total. The first-order valence-electron chi connectivity index (χ1n) is 6.17. The lowest BCUT2D eigenvalue weighted by Gasteiger charge is -2.09. The van der Waals surface area contributed by atoms with Crippen LogP contribution < -0.4 is 5.73 Å². The van der Waals surface area contributed by atoms with Crippen LogP contribution in [-0.4, -0.2) is 24.4 Å². The molecule has 1 atom stereocenters. The van der Waals surface area contributed by atoms with E-state index >= 15 is 0 Å². The Bertz CT molecular complexity index is 553. The third-order valence-electron chi connectivity index (χ3n) is 2.71. The molecular formula is C14H17NO2S2. The number of carbonyl (C=O) groups is 1. The fourth-order valence-electron chi connectivity index (χ4n) is 1.76. The number of carbonyl (C=O) groups excluding carboxylic acids is 1. The number of thioether (sulfide) groups is 1. The first kappa shape index (κ1) is 14.4. The van der Waals surface area contributed by atoms with E-state index in [9.17, 15) is 4.79 Å². The van der Waals surface area contributed by atoms with Gasteiger partial charge in [0.15, 0.2) is 0 Å². The second-order valence-electron chi connectivity index (χ2n) is 4.13. The highest BCUT2D eigenvalue weighted by atomic mass is 32.2. The number of benzene rings is 1. The second-order valence-corrected chi connectivity index (χ2v) is 6.07. The fourth-order valence-corrected chi connectivity index (χ4v) is 3.79. The average molecular weight is 295 g/mol. The normalized spacial score (nSPS) is 12.5. The predicted molar refractivity (Wildman–Crippen MR) is 82.6 cm³/mol. The van der Waals surface area contributed by atoms with E-state index < -0.39 is 6.04 Å². The molecule has 0 saturated carbocycles. The first-order chi connectivity index (χ1) is 9.22. The molecule has 0 aliphatic heterocycles. The van der Waals surface area contributed by atoms with Crippen molar-refractivity contribution in [3.8, 4) is 0 Å². The van der Waals surface area contributed by atoms with E-state index in [1.807, 2.05) is 12.1 Å². The topological polar surface area (TPSA) is 52.3 Å². The molecule has 0 saturated heterocycles. The molecule has 1 unspecified atom stereocenters. The molecule has 0 amide bonds. The van der Waals surface area contributed by atoms with Crippen LogP contribution in [0.3, 0.4) is 0 Å². The lowest BCUT2D eigenvalue weighted by Crippen LogP contribution is -2.34. The Kier molecular flexibility index (Phi) is 5.24. The summed E-state index contributed by atoms with van der Waals surface area (Å²) in [7, 11) is 0. The van der Waals surface area contributed by atoms with Crippen molar-refractivity contribution in [3.63, 3.8) is 0 Å². The third kappa shape index (κ3) is 3.72. The van der Waals surface area contributed by atoms with Crippen molar-refractivity contribution in [2.24, 2.45) is 5.73 Å². The van der Waals surface area contributed by atoms with Crippen LogP contribution in [0, 0.1) is 0 Å². The number of fused-ring (bicyclic) bond motifs is 1. The smallest absolute Gasteiger partial charge is 0.323 e. The molecule has 19 heavy (non-hydrogen) atoms. The van der Waals surface area contributed by atoms with E-state index in [4.69, 9.17) is 10.5 Å². The summed E-state index contributed by atoms with van der Waals surface area (Å²) in [5.74, 6) is 1.14. The molecule has 0 bridgehead atoms. The average Bonchev–Trinajstić information content (AvgIpc) is 2.82. The SMILES string of the molecule is CCOC(=O)C(N)CSCc1csc2ccccc12. The number of rotatable bonds is 6. The van der Waals surface area contributed by atoms with Crippen LogP contribution in [-0.2, 0) is 15.3 Å². The van der Waals surface area contributed by atoms with Gasteiger partial charge in [-0.05, 0) is 29.3 Å². The summed E-state index contributed by atoms with van der Waals surface area (Å²) in [5.41, 5.74) is 7.07. The van der Waals surface area contributed by atoms with Crippen LogP contribution in [0.2, 0.25) is 0 Å². The van der Waals surface area contributed by atoms with Crippen LogP contribution in [0.25, 0.3) is 10.1 Å². The van der Waals surface area contributed by atoms with Gasteiger partial charge in [-0.2, -0.15) is 11.8 Å². The molecule has 1 heterocycles. The van der Waals surface area contributed by atoms with Crippen molar-refractivity contribution < 1.29 is 9.53 Å². The van der Waals surface area contributed by atoms with Gasteiger partial charge in [0.2, 0.25) is 0 Å². The number of thiophene rings is 1. The Morgan fingerprint density at radius 2 is 2.26 bits per heavy atom. The maximum absolute atomic E-state index is 11.4. The lowest BCUT2D eigenvalue weighted by atomic mass is 10.2. The first-order valence-corrected chi connectivity index (χ1v) is 8.21. The van der Waals surface area contributed by atoms with Crippen molar-refractivity contribution >= 4 is 39.2 Å². The summed E-state index contributed by atoms with van der Waals surface area (Å²) in [4.78, 5) is 11.4. The highest BCUT2D eigenvalue weighted by Gasteiger charge is 2.14. The number of hydrogen-bond acceptors (Lipinski definition) is 5. The highest BCUT2D eigenvalue weighted by Crippen LogP contribution is 2.28. The lowest BCUT2D eigenvalue weighted by molar-refractivity contribution is -0.144. The Hall–Kier alpha value is -1.04. The Morgan fingerprint density at radius 3 is 3.05 bits per heavy atom. The van der Waals surface area contributed by atoms with Gasteiger partial charge in [0, 0.05) is 16.2 Å². The van der Waals surface area contributed by atoms with Crippen molar-refractivity contribution in [2.75, 3.05) is 12.4 Å². The summed E-state index contributed by atoms with van der Waals surface area (Å²) in [5, 5.41) is 3.47. The van der Waals surface area contributed by atoms with Gasteiger partial charge in [-0.15, -0.1) is 11.3 Å². The highest BCUT2D eigenvalue weighted by molar-refractivity contribution is 7.98. The van der Waals surface area contributed by atoms with E-state index in [1.165, 1.54) is 15.6 Å². The zero-order valence-corrected chi connectivity index (χ0v) is 12.4.